The van der Waals surface area contributed by atoms with Crippen molar-refractivity contribution in [2.45, 2.75) is 25.3 Å². The van der Waals surface area contributed by atoms with Gasteiger partial charge in [-0.05, 0) is 13.0 Å². The van der Waals surface area contributed by atoms with Gasteiger partial charge in [0.15, 0.2) is 0 Å². The molecular weight excluding hydrogens is 369 g/mol. The van der Waals surface area contributed by atoms with Crippen LogP contribution in [0, 0.1) is 44.1 Å². The molecule has 1 radical (unpaired) electrons. The zero-order valence-electron chi connectivity index (χ0n) is 7.47. The van der Waals surface area contributed by atoms with Gasteiger partial charge in [-0.25, -0.2) is 0 Å². The summed E-state index contributed by atoms with van der Waals surface area (Å²) in [6.45, 7) is 0.639. The van der Waals surface area contributed by atoms with E-state index in [4.69, 9.17) is 11.5 Å². The van der Waals surface area contributed by atoms with Crippen LogP contribution in [0.5, 0.6) is 0 Å². The zero-order chi connectivity index (χ0) is 8.69. The van der Waals surface area contributed by atoms with E-state index in [1.54, 1.807) is 7.05 Å². The molecule has 0 aromatic heterocycles. The predicted molar refractivity (Wildman–Crippen MR) is 45.1 cm³/mol. The summed E-state index contributed by atoms with van der Waals surface area (Å²) in [6.07, 6.45) is 2.36. The summed E-state index contributed by atoms with van der Waals surface area (Å²) < 4.78 is 0. The van der Waals surface area contributed by atoms with Gasteiger partial charge < -0.3 is 16.8 Å². The standard InChI is InChI=1S/C7H16N3O.Ac/c1-10-7(11)6(9)4-2-3-5-8;/h6,9H,2-5,8H2,1H3,(H,10,11);/q-1;. The SMILES string of the molecule is CNC(=O)C([NH-])CCCCN.[Ac]. The van der Waals surface area contributed by atoms with Crippen LogP contribution in [0.15, 0.2) is 0 Å². The van der Waals surface area contributed by atoms with E-state index in [0.29, 0.717) is 13.0 Å². The zero-order valence-corrected chi connectivity index (χ0v) is 12.2. The second-order valence-electron chi connectivity index (χ2n) is 2.45. The first-order valence-electron chi connectivity index (χ1n) is 3.85. The minimum atomic E-state index is -0.619. The molecule has 1 unspecified atom stereocenters. The first-order valence-corrected chi connectivity index (χ1v) is 3.85. The van der Waals surface area contributed by atoms with Crippen LogP contribution in [0.1, 0.15) is 19.3 Å². The van der Waals surface area contributed by atoms with Gasteiger partial charge >= 0.3 is 0 Å². The Bertz CT molecular complexity index is 121. The first-order chi connectivity index (χ1) is 5.22. The minimum absolute atomic E-state index is 0. The van der Waals surface area contributed by atoms with Crippen LogP contribution in [-0.4, -0.2) is 25.5 Å². The summed E-state index contributed by atoms with van der Waals surface area (Å²) >= 11 is 0. The van der Waals surface area contributed by atoms with Gasteiger partial charge in [-0.15, -0.1) is 0 Å². The molecule has 0 rings (SSSR count). The van der Waals surface area contributed by atoms with Crippen molar-refractivity contribution >= 4 is 5.91 Å². The molecule has 0 spiro atoms. The molecule has 69 valence electrons. The number of unbranched alkanes of at least 4 members (excludes halogenated alkanes) is 1. The number of likely N-dealkylation sites (N-methyl/N-ethyl adjacent to an activating group) is 1. The fourth-order valence-corrected chi connectivity index (χ4v) is 0.798. The number of carbonyl (C=O) groups is 1. The van der Waals surface area contributed by atoms with Crippen LogP contribution in [0.4, 0.5) is 0 Å². The summed E-state index contributed by atoms with van der Waals surface area (Å²) in [6, 6.07) is -0.619. The van der Waals surface area contributed by atoms with Gasteiger partial charge in [0.25, 0.3) is 0 Å². The van der Waals surface area contributed by atoms with E-state index in [2.05, 4.69) is 5.32 Å². The molecule has 0 saturated carbocycles. The molecule has 0 aliphatic carbocycles. The van der Waals surface area contributed by atoms with Crippen LogP contribution >= 0.6 is 0 Å². The average Bonchev–Trinajstić information content (AvgIpc) is 2.03. The van der Waals surface area contributed by atoms with E-state index in [9.17, 15) is 4.79 Å². The molecule has 0 aliphatic heterocycles. The maximum absolute atomic E-state index is 10.8. The number of rotatable bonds is 5. The smallest absolute Gasteiger partial charge is 0.201 e. The Morgan fingerprint density at radius 2 is 2.17 bits per heavy atom. The van der Waals surface area contributed by atoms with Gasteiger partial charge in [-0.1, -0.05) is 18.9 Å². The molecule has 1 amide bonds. The van der Waals surface area contributed by atoms with E-state index in [1.165, 1.54) is 0 Å². The van der Waals surface area contributed by atoms with Crippen molar-refractivity contribution < 1.29 is 48.9 Å². The largest absolute Gasteiger partial charge is 0.667 e. The number of hydrogen-bond donors (Lipinski definition) is 2. The number of nitrogens with two attached hydrogens (primary N) is 1. The third-order valence-corrected chi connectivity index (χ3v) is 1.51. The average molecular weight is 385 g/mol. The molecule has 0 aliphatic rings. The van der Waals surface area contributed by atoms with Crippen molar-refractivity contribution in [1.82, 2.24) is 5.32 Å². The van der Waals surface area contributed by atoms with E-state index in [0.717, 1.165) is 12.8 Å². The molecule has 5 heteroatoms. The Kier molecular flexibility index (Phi) is 12.7. The second-order valence-corrected chi connectivity index (χ2v) is 2.45. The van der Waals surface area contributed by atoms with Crippen molar-refractivity contribution in [1.29, 1.82) is 0 Å². The van der Waals surface area contributed by atoms with Gasteiger partial charge in [0, 0.05) is 51.1 Å². The summed E-state index contributed by atoms with van der Waals surface area (Å²) in [7, 11) is 1.55. The summed E-state index contributed by atoms with van der Waals surface area (Å²) in [4.78, 5) is 10.8. The van der Waals surface area contributed by atoms with Crippen molar-refractivity contribution in [2.24, 2.45) is 5.73 Å². The van der Waals surface area contributed by atoms with Crippen LogP contribution in [0.2, 0.25) is 0 Å². The third-order valence-electron chi connectivity index (χ3n) is 1.51. The summed E-state index contributed by atoms with van der Waals surface area (Å²) in [5.74, 6) is -0.206. The summed E-state index contributed by atoms with van der Waals surface area (Å²) in [5, 5.41) is 2.43. The maximum atomic E-state index is 10.8. The molecule has 4 N–H and O–H groups in total. The molecule has 0 fully saturated rings. The Morgan fingerprint density at radius 3 is 2.58 bits per heavy atom. The number of hydrogen-bond acceptors (Lipinski definition) is 2. The molecule has 4 nitrogen and oxygen atoms in total. The van der Waals surface area contributed by atoms with Crippen LogP contribution in [-0.2, 0) is 4.79 Å². The summed E-state index contributed by atoms with van der Waals surface area (Å²) in [5.41, 5.74) is 12.6. The normalized spacial score (nSPS) is 11.6. The first kappa shape index (κ1) is 15.3. The van der Waals surface area contributed by atoms with E-state index in [1.807, 2.05) is 0 Å². The van der Waals surface area contributed by atoms with Crippen LogP contribution < -0.4 is 11.1 Å². The molecular formula is C7H16AcN3O-. The van der Waals surface area contributed by atoms with Crippen LogP contribution in [0.25, 0.3) is 5.73 Å². The minimum Gasteiger partial charge on any atom is -0.667 e. The van der Waals surface area contributed by atoms with Gasteiger partial charge in [0.2, 0.25) is 5.91 Å². The third kappa shape index (κ3) is 7.48. The predicted octanol–water partition coefficient (Wildman–Crippen LogP) is 0.282. The van der Waals surface area contributed by atoms with Gasteiger partial charge in [0.1, 0.15) is 0 Å². The van der Waals surface area contributed by atoms with Crippen molar-refractivity contribution in [3.8, 4) is 0 Å². The van der Waals surface area contributed by atoms with E-state index in [-0.39, 0.29) is 50.0 Å². The number of nitrogens with one attached hydrogen (secondary N) is 2. The monoisotopic (exact) mass is 385 g/mol. The number of amides is 1. The van der Waals surface area contributed by atoms with Crippen molar-refractivity contribution in [3.05, 3.63) is 5.73 Å². The van der Waals surface area contributed by atoms with Gasteiger partial charge in [0.05, 0.1) is 0 Å². The number of carbonyl (C=O) groups excluding carboxylic acids is 1. The van der Waals surface area contributed by atoms with E-state index >= 15 is 0 Å². The van der Waals surface area contributed by atoms with E-state index < -0.39 is 6.04 Å². The Hall–Kier alpha value is 0.832. The molecule has 12 heavy (non-hydrogen) atoms. The molecule has 0 bridgehead atoms. The second kappa shape index (κ2) is 9.92. The Morgan fingerprint density at radius 1 is 1.58 bits per heavy atom. The van der Waals surface area contributed by atoms with Crippen LogP contribution in [0.3, 0.4) is 0 Å². The molecule has 1 atom stereocenters. The maximum Gasteiger partial charge on any atom is 0.201 e. The molecule has 0 heterocycles. The topological polar surface area (TPSA) is 78.9 Å². The Balaban J connectivity index is 0. The Labute approximate surface area is 109 Å². The molecule has 0 aromatic carbocycles. The molecule has 0 saturated heterocycles. The van der Waals surface area contributed by atoms with Gasteiger partial charge in [-0.2, -0.15) is 0 Å². The quantitative estimate of drug-likeness (QED) is 0.667. The fraction of sp³-hybridized carbons (Fsp3) is 0.857. The van der Waals surface area contributed by atoms with Crippen molar-refractivity contribution in [3.63, 3.8) is 0 Å². The van der Waals surface area contributed by atoms with Gasteiger partial charge in [-0.3, -0.25) is 4.79 Å². The van der Waals surface area contributed by atoms with Crippen molar-refractivity contribution in [2.75, 3.05) is 13.6 Å². The molecule has 0 aromatic rings. The fourth-order valence-electron chi connectivity index (χ4n) is 0.798.